The van der Waals surface area contributed by atoms with Gasteiger partial charge >= 0.3 is 0 Å². The van der Waals surface area contributed by atoms with Crippen molar-refractivity contribution in [1.82, 2.24) is 4.98 Å². The molecule has 0 aliphatic heterocycles. The number of aromatic nitrogens is 1. The maximum Gasteiger partial charge on any atom is 0.236 e. The molecule has 0 aliphatic carbocycles. The Hall–Kier alpha value is -2.31. The van der Waals surface area contributed by atoms with Crippen molar-refractivity contribution in [3.63, 3.8) is 0 Å². The van der Waals surface area contributed by atoms with Crippen LogP contribution in [0.4, 0.5) is 11.4 Å². The van der Waals surface area contributed by atoms with E-state index in [1.165, 1.54) is 17.3 Å². The van der Waals surface area contributed by atoms with Gasteiger partial charge in [0, 0.05) is 6.20 Å². The fraction of sp³-hybridized carbons (Fsp3) is 0.222. The Morgan fingerprint density at radius 1 is 1.19 bits per heavy atom. The summed E-state index contributed by atoms with van der Waals surface area (Å²) in [6.45, 7) is -0.234. The van der Waals surface area contributed by atoms with E-state index in [0.717, 1.165) is 0 Å². The van der Waals surface area contributed by atoms with Gasteiger partial charge in [-0.1, -0.05) is 0 Å². The minimum absolute atomic E-state index is 0.117. The van der Waals surface area contributed by atoms with Crippen LogP contribution >= 0.6 is 0 Å². The van der Waals surface area contributed by atoms with Gasteiger partial charge in [-0.05, 0) is 6.07 Å². The van der Waals surface area contributed by atoms with Crippen molar-refractivity contribution in [2.75, 3.05) is 23.7 Å². The summed E-state index contributed by atoms with van der Waals surface area (Å²) in [6.07, 6.45) is 2.93. The van der Waals surface area contributed by atoms with Crippen LogP contribution in [-0.4, -0.2) is 29.9 Å². The van der Waals surface area contributed by atoms with Crippen LogP contribution in [0.3, 0.4) is 0 Å². The van der Waals surface area contributed by atoms with E-state index in [9.17, 15) is 9.59 Å². The molecule has 0 radical (unpaired) electrons. The van der Waals surface area contributed by atoms with E-state index >= 15 is 0 Å². The van der Waals surface area contributed by atoms with Crippen molar-refractivity contribution in [3.05, 3.63) is 18.5 Å². The Morgan fingerprint density at radius 2 is 1.75 bits per heavy atom. The van der Waals surface area contributed by atoms with Crippen molar-refractivity contribution in [2.45, 2.75) is 0 Å². The van der Waals surface area contributed by atoms with Crippen LogP contribution < -0.4 is 22.1 Å². The molecule has 1 aromatic heterocycles. The number of nitrogen functional groups attached to an aromatic ring is 1. The molecule has 86 valence electrons. The number of primary amides is 2. The molecule has 7 nitrogen and oxygen atoms in total. The molecule has 0 bridgehead atoms. The Balaban J connectivity index is 2.90. The second-order valence-corrected chi connectivity index (χ2v) is 3.27. The van der Waals surface area contributed by atoms with E-state index in [1.54, 1.807) is 6.07 Å². The molecule has 16 heavy (non-hydrogen) atoms. The lowest BCUT2D eigenvalue weighted by atomic mass is 10.3. The minimum Gasteiger partial charge on any atom is -0.397 e. The zero-order valence-corrected chi connectivity index (χ0v) is 8.59. The highest BCUT2D eigenvalue weighted by molar-refractivity contribution is 5.84. The number of rotatable bonds is 5. The molecule has 0 aromatic carbocycles. The monoisotopic (exact) mass is 223 g/mol. The van der Waals surface area contributed by atoms with Crippen LogP contribution in [0.5, 0.6) is 0 Å². The van der Waals surface area contributed by atoms with Crippen molar-refractivity contribution in [2.24, 2.45) is 11.5 Å². The van der Waals surface area contributed by atoms with Gasteiger partial charge in [-0.25, -0.2) is 0 Å². The van der Waals surface area contributed by atoms with Crippen LogP contribution in [-0.2, 0) is 9.59 Å². The highest BCUT2D eigenvalue weighted by Crippen LogP contribution is 2.14. The molecular weight excluding hydrogens is 210 g/mol. The molecular formula is C9H13N5O2. The number of pyridine rings is 1. The quantitative estimate of drug-likeness (QED) is 0.556. The molecule has 6 N–H and O–H groups in total. The van der Waals surface area contributed by atoms with Crippen molar-refractivity contribution in [3.8, 4) is 0 Å². The molecule has 0 saturated heterocycles. The van der Waals surface area contributed by atoms with E-state index in [1.807, 2.05) is 0 Å². The second-order valence-electron chi connectivity index (χ2n) is 3.27. The van der Waals surface area contributed by atoms with Gasteiger partial charge < -0.3 is 22.1 Å². The van der Waals surface area contributed by atoms with Gasteiger partial charge in [-0.2, -0.15) is 0 Å². The number of hydrogen-bond acceptors (Lipinski definition) is 5. The van der Waals surface area contributed by atoms with Crippen LogP contribution in [0.1, 0.15) is 0 Å². The maximum atomic E-state index is 10.8. The molecule has 7 heteroatoms. The van der Waals surface area contributed by atoms with Gasteiger partial charge in [0.15, 0.2) is 0 Å². The van der Waals surface area contributed by atoms with Gasteiger partial charge in [-0.3, -0.25) is 14.6 Å². The summed E-state index contributed by atoms with van der Waals surface area (Å²) in [5.41, 5.74) is 16.6. The van der Waals surface area contributed by atoms with E-state index < -0.39 is 11.8 Å². The number of anilines is 2. The van der Waals surface area contributed by atoms with Crippen molar-refractivity contribution >= 4 is 23.2 Å². The average molecular weight is 223 g/mol. The number of carbonyl (C=O) groups is 2. The van der Waals surface area contributed by atoms with Gasteiger partial charge in [0.25, 0.3) is 0 Å². The molecule has 0 fully saturated rings. The summed E-state index contributed by atoms with van der Waals surface area (Å²) in [5, 5.41) is 0. The molecule has 1 heterocycles. The first-order valence-electron chi connectivity index (χ1n) is 4.51. The van der Waals surface area contributed by atoms with Gasteiger partial charge in [0.1, 0.15) is 0 Å². The molecule has 2 amide bonds. The molecule has 0 spiro atoms. The Morgan fingerprint density at radius 3 is 2.19 bits per heavy atom. The molecule has 0 unspecified atom stereocenters. The molecule has 0 saturated carbocycles. The lowest BCUT2D eigenvalue weighted by Gasteiger charge is -2.21. The number of nitrogens with zero attached hydrogens (tertiary/aromatic N) is 2. The van der Waals surface area contributed by atoms with E-state index in [0.29, 0.717) is 11.4 Å². The van der Waals surface area contributed by atoms with Crippen molar-refractivity contribution < 1.29 is 9.59 Å². The smallest absolute Gasteiger partial charge is 0.236 e. The van der Waals surface area contributed by atoms with E-state index in [-0.39, 0.29) is 13.1 Å². The largest absolute Gasteiger partial charge is 0.397 e. The summed E-state index contributed by atoms with van der Waals surface area (Å²) >= 11 is 0. The van der Waals surface area contributed by atoms with Crippen LogP contribution in [0, 0.1) is 0 Å². The van der Waals surface area contributed by atoms with E-state index in [4.69, 9.17) is 17.2 Å². The van der Waals surface area contributed by atoms with Gasteiger partial charge in [-0.15, -0.1) is 0 Å². The molecule has 0 aliphatic rings. The standard InChI is InChI=1S/C9H13N5O2/c10-6-1-7(3-13-2-6)14(4-8(11)15)5-9(12)16/h1-3H,4-5,10H2,(H2,11,15)(H2,12,16). The van der Waals surface area contributed by atoms with Crippen LogP contribution in [0.25, 0.3) is 0 Å². The average Bonchev–Trinajstić information content (AvgIpc) is 2.15. The highest BCUT2D eigenvalue weighted by atomic mass is 16.2. The SMILES string of the molecule is NC(=O)CN(CC(N)=O)c1cncc(N)c1. The normalized spacial score (nSPS) is 9.75. The van der Waals surface area contributed by atoms with Crippen molar-refractivity contribution in [1.29, 1.82) is 0 Å². The maximum absolute atomic E-state index is 10.8. The third-order valence-corrected chi connectivity index (χ3v) is 1.80. The summed E-state index contributed by atoms with van der Waals surface area (Å²) in [4.78, 5) is 26.9. The zero-order chi connectivity index (χ0) is 12.1. The number of amides is 2. The molecule has 1 aromatic rings. The van der Waals surface area contributed by atoms with E-state index in [2.05, 4.69) is 4.98 Å². The second kappa shape index (κ2) is 4.96. The van der Waals surface area contributed by atoms with Crippen LogP contribution in [0.15, 0.2) is 18.5 Å². The Labute approximate surface area is 92.2 Å². The minimum atomic E-state index is -0.566. The first kappa shape index (κ1) is 11.8. The summed E-state index contributed by atoms with van der Waals surface area (Å²) in [7, 11) is 0. The Bertz CT molecular complexity index is 391. The predicted octanol–water partition coefficient (Wildman–Crippen LogP) is -1.56. The van der Waals surface area contributed by atoms with Gasteiger partial charge in [0.05, 0.1) is 30.7 Å². The highest BCUT2D eigenvalue weighted by Gasteiger charge is 2.12. The third kappa shape index (κ3) is 3.45. The molecule has 0 atom stereocenters. The third-order valence-electron chi connectivity index (χ3n) is 1.80. The first-order chi connectivity index (χ1) is 7.49. The summed E-state index contributed by atoms with van der Waals surface area (Å²) < 4.78 is 0. The lowest BCUT2D eigenvalue weighted by Crippen LogP contribution is -2.39. The fourth-order valence-corrected chi connectivity index (χ4v) is 1.23. The first-order valence-corrected chi connectivity index (χ1v) is 4.51. The fourth-order valence-electron chi connectivity index (χ4n) is 1.23. The van der Waals surface area contributed by atoms with Crippen LogP contribution in [0.2, 0.25) is 0 Å². The molecule has 1 rings (SSSR count). The predicted molar refractivity (Wildman–Crippen MR) is 59.3 cm³/mol. The zero-order valence-electron chi connectivity index (χ0n) is 8.59. The number of nitrogens with two attached hydrogens (primary N) is 3. The number of hydrogen-bond donors (Lipinski definition) is 3. The lowest BCUT2D eigenvalue weighted by molar-refractivity contribution is -0.117. The summed E-state index contributed by atoms with van der Waals surface area (Å²) in [6, 6.07) is 1.58. The Kier molecular flexibility index (Phi) is 3.65. The number of carbonyl (C=O) groups excluding carboxylic acids is 2. The van der Waals surface area contributed by atoms with Gasteiger partial charge in [0.2, 0.25) is 11.8 Å². The summed E-state index contributed by atoms with van der Waals surface area (Å²) in [5.74, 6) is -1.13. The topological polar surface area (TPSA) is 128 Å².